The van der Waals surface area contributed by atoms with E-state index in [1.54, 1.807) is 11.1 Å². The highest BCUT2D eigenvalue weighted by atomic mass is 16.5. The van der Waals surface area contributed by atoms with E-state index in [0.29, 0.717) is 25.0 Å². The Morgan fingerprint density at radius 1 is 1.13 bits per heavy atom. The second-order valence-electron chi connectivity index (χ2n) is 10.2. The van der Waals surface area contributed by atoms with E-state index in [1.165, 1.54) is 5.56 Å². The summed E-state index contributed by atoms with van der Waals surface area (Å²) in [6.07, 6.45) is 9.41. The molecule has 0 bridgehead atoms. The Hall–Kier alpha value is -4.21. The predicted octanol–water partition coefficient (Wildman–Crippen LogP) is 4.29. The van der Waals surface area contributed by atoms with Crippen LogP contribution in [0.15, 0.2) is 48.8 Å². The van der Waals surface area contributed by atoms with Gasteiger partial charge in [0.05, 0.1) is 6.54 Å². The molecule has 1 aliphatic carbocycles. The maximum absolute atomic E-state index is 13.5. The largest absolute Gasteiger partial charge is 0.481 e. The third-order valence-corrected chi connectivity index (χ3v) is 7.55. The molecule has 0 saturated heterocycles. The zero-order valence-electron chi connectivity index (χ0n) is 21.9. The van der Waals surface area contributed by atoms with Crippen LogP contribution in [0, 0.1) is 5.92 Å². The van der Waals surface area contributed by atoms with Crippen molar-refractivity contribution in [2.75, 3.05) is 35.6 Å². The van der Waals surface area contributed by atoms with Crippen molar-refractivity contribution in [3.63, 3.8) is 0 Å². The van der Waals surface area contributed by atoms with Gasteiger partial charge < -0.3 is 25.8 Å². The second kappa shape index (κ2) is 12.1. The van der Waals surface area contributed by atoms with Crippen LogP contribution in [-0.2, 0) is 11.2 Å². The molecule has 1 aliphatic heterocycles. The predicted molar refractivity (Wildman–Crippen MR) is 148 cm³/mol. The molecule has 5 rings (SSSR count). The summed E-state index contributed by atoms with van der Waals surface area (Å²) in [6.45, 7) is 1.29. The van der Waals surface area contributed by atoms with Crippen LogP contribution in [-0.4, -0.2) is 51.6 Å². The lowest BCUT2D eigenvalue weighted by Crippen LogP contribution is -2.32. The van der Waals surface area contributed by atoms with E-state index >= 15 is 0 Å². The van der Waals surface area contributed by atoms with Crippen LogP contribution >= 0.6 is 0 Å². The molecule has 3 aromatic rings. The number of hydrogen-bond donors (Lipinski definition) is 3. The number of aryl methyl sites for hydroxylation is 1. The molecule has 1 aromatic carbocycles. The Kier molecular flexibility index (Phi) is 8.19. The van der Waals surface area contributed by atoms with Gasteiger partial charge in [-0.05, 0) is 79.7 Å². The second-order valence-corrected chi connectivity index (χ2v) is 10.2. The highest BCUT2D eigenvalue weighted by molar-refractivity contribution is 6.10. The van der Waals surface area contributed by atoms with E-state index < -0.39 is 5.97 Å². The molecule has 0 radical (unpaired) electrons. The van der Waals surface area contributed by atoms with Crippen LogP contribution in [0.1, 0.15) is 65.9 Å². The lowest BCUT2D eigenvalue weighted by Gasteiger charge is -2.28. The van der Waals surface area contributed by atoms with Gasteiger partial charge in [0.15, 0.2) is 0 Å². The molecule has 1 fully saturated rings. The lowest BCUT2D eigenvalue weighted by atomic mass is 9.77. The lowest BCUT2D eigenvalue weighted by molar-refractivity contribution is -0.138. The van der Waals surface area contributed by atoms with E-state index in [2.05, 4.69) is 32.4 Å². The minimum Gasteiger partial charge on any atom is -0.481 e. The monoisotopic (exact) mass is 530 g/mol. The number of carbonyl (C=O) groups excluding carboxylic acids is 1. The molecule has 0 atom stereocenters. The molecule has 10 heteroatoms. The van der Waals surface area contributed by atoms with Crippen LogP contribution < -0.4 is 20.7 Å². The van der Waals surface area contributed by atoms with Gasteiger partial charge >= 0.3 is 5.97 Å². The summed E-state index contributed by atoms with van der Waals surface area (Å²) < 4.78 is 5.84. The first kappa shape index (κ1) is 26.4. The number of nitrogens with one attached hydrogen (secondary N) is 1. The van der Waals surface area contributed by atoms with Crippen molar-refractivity contribution in [2.45, 2.75) is 50.9 Å². The molecule has 3 heterocycles. The third-order valence-electron chi connectivity index (χ3n) is 7.55. The Labute approximate surface area is 227 Å². The Balaban J connectivity index is 1.22. The molecule has 204 valence electrons. The number of carbonyl (C=O) groups is 2. The summed E-state index contributed by atoms with van der Waals surface area (Å²) in [5.74, 6) is 0.285. The Bertz CT molecular complexity index is 1290. The Morgan fingerprint density at radius 3 is 2.64 bits per heavy atom. The molecule has 1 saturated carbocycles. The van der Waals surface area contributed by atoms with Crippen LogP contribution in [0.2, 0.25) is 0 Å². The van der Waals surface area contributed by atoms with Crippen molar-refractivity contribution in [3.8, 4) is 5.88 Å². The van der Waals surface area contributed by atoms with Crippen LogP contribution in [0.4, 0.5) is 17.5 Å². The van der Waals surface area contributed by atoms with Crippen molar-refractivity contribution in [2.24, 2.45) is 5.92 Å². The van der Waals surface area contributed by atoms with E-state index in [9.17, 15) is 9.59 Å². The summed E-state index contributed by atoms with van der Waals surface area (Å²) >= 11 is 0. The number of amides is 1. The number of aromatic nitrogens is 3. The van der Waals surface area contributed by atoms with Crippen molar-refractivity contribution >= 4 is 29.3 Å². The van der Waals surface area contributed by atoms with Crippen molar-refractivity contribution in [3.05, 3.63) is 65.5 Å². The summed E-state index contributed by atoms with van der Waals surface area (Å²) in [4.78, 5) is 39.1. The van der Waals surface area contributed by atoms with Crippen molar-refractivity contribution < 1.29 is 19.4 Å². The highest BCUT2D eigenvalue weighted by Gasteiger charge is 2.30. The molecule has 39 heavy (non-hydrogen) atoms. The van der Waals surface area contributed by atoms with E-state index in [4.69, 9.17) is 15.6 Å². The van der Waals surface area contributed by atoms with Crippen molar-refractivity contribution in [1.29, 1.82) is 0 Å². The van der Waals surface area contributed by atoms with E-state index in [-0.39, 0.29) is 42.1 Å². The summed E-state index contributed by atoms with van der Waals surface area (Å²) in [7, 11) is 0. The first-order chi connectivity index (χ1) is 19.0. The number of fused-ring (bicyclic) bond motifs is 1. The van der Waals surface area contributed by atoms with Crippen LogP contribution in [0.25, 0.3) is 0 Å². The Morgan fingerprint density at radius 2 is 1.92 bits per heavy atom. The third kappa shape index (κ3) is 6.45. The van der Waals surface area contributed by atoms with Crippen LogP contribution in [0.5, 0.6) is 5.88 Å². The SMILES string of the molecule is Nc1nc(NCCCc2cccnc2)nc2c1C(=O)N(c1ccc(C3CCC(CC(=O)O)CC3)cc1)CCO2. The van der Waals surface area contributed by atoms with Gasteiger partial charge in [0.2, 0.25) is 11.8 Å². The van der Waals surface area contributed by atoms with Gasteiger partial charge in [-0.2, -0.15) is 9.97 Å². The minimum absolute atomic E-state index is 0.0846. The summed E-state index contributed by atoms with van der Waals surface area (Å²) in [5, 5.41) is 12.2. The average Bonchev–Trinajstić information content (AvgIpc) is 3.10. The van der Waals surface area contributed by atoms with Gasteiger partial charge in [-0.15, -0.1) is 0 Å². The van der Waals surface area contributed by atoms with E-state index in [0.717, 1.165) is 49.8 Å². The summed E-state index contributed by atoms with van der Waals surface area (Å²) in [6, 6.07) is 12.0. The highest BCUT2D eigenvalue weighted by Crippen LogP contribution is 2.38. The number of pyridine rings is 1. The quantitative estimate of drug-likeness (QED) is 0.345. The smallest absolute Gasteiger partial charge is 0.303 e. The maximum Gasteiger partial charge on any atom is 0.303 e. The standard InChI is InChI=1S/C29H34N6O4/c30-26-25-27(34-29(33-26)32-14-2-4-20-3-1-13-31-18-20)39-16-15-35(28(25)38)23-11-9-22(10-12-23)21-7-5-19(6-8-21)17-24(36)37/h1,3,9-13,18-19,21H,2,4-8,14-17H2,(H,36,37)(H3,30,32,33,34). The van der Waals surface area contributed by atoms with Gasteiger partial charge in [0, 0.05) is 31.0 Å². The number of carboxylic acid groups (broad SMARTS) is 1. The molecule has 4 N–H and O–H groups in total. The molecular formula is C29H34N6O4. The average molecular weight is 531 g/mol. The first-order valence-electron chi connectivity index (χ1n) is 13.5. The van der Waals surface area contributed by atoms with Gasteiger partial charge in [0.1, 0.15) is 18.0 Å². The normalized spacial score (nSPS) is 19.1. The first-order valence-corrected chi connectivity index (χ1v) is 13.5. The molecule has 1 amide bonds. The molecule has 2 aromatic heterocycles. The summed E-state index contributed by atoms with van der Waals surface area (Å²) in [5.41, 5.74) is 9.55. The number of anilines is 3. The number of nitrogens with two attached hydrogens (primary N) is 1. The number of nitrogen functional groups attached to an aromatic ring is 1. The number of carboxylic acids is 1. The molecular weight excluding hydrogens is 496 g/mol. The van der Waals surface area contributed by atoms with Crippen molar-refractivity contribution in [1.82, 2.24) is 15.0 Å². The molecule has 2 aliphatic rings. The van der Waals surface area contributed by atoms with Crippen LogP contribution in [0.3, 0.4) is 0 Å². The number of benzene rings is 1. The molecule has 10 nitrogen and oxygen atoms in total. The van der Waals surface area contributed by atoms with Gasteiger partial charge in [-0.25, -0.2) is 0 Å². The van der Waals surface area contributed by atoms with Gasteiger partial charge in [0.25, 0.3) is 5.91 Å². The molecule has 0 spiro atoms. The fraction of sp³-hybridized carbons (Fsp3) is 0.414. The number of rotatable bonds is 9. The van der Waals surface area contributed by atoms with E-state index in [1.807, 2.05) is 30.5 Å². The molecule has 0 unspecified atom stereocenters. The zero-order valence-corrected chi connectivity index (χ0v) is 21.9. The number of hydrogen-bond acceptors (Lipinski definition) is 8. The zero-order chi connectivity index (χ0) is 27.2. The fourth-order valence-corrected chi connectivity index (χ4v) is 5.47. The maximum atomic E-state index is 13.5. The fourth-order valence-electron chi connectivity index (χ4n) is 5.47. The topological polar surface area (TPSA) is 144 Å². The van der Waals surface area contributed by atoms with Gasteiger partial charge in [-0.3, -0.25) is 14.6 Å². The number of ether oxygens (including phenoxy) is 1. The van der Waals surface area contributed by atoms with Gasteiger partial charge in [-0.1, -0.05) is 18.2 Å². The minimum atomic E-state index is -0.717. The number of aliphatic carboxylic acids is 1. The number of nitrogens with zero attached hydrogens (tertiary/aromatic N) is 4.